The van der Waals surface area contributed by atoms with Gasteiger partial charge in [-0.25, -0.2) is 4.98 Å². The van der Waals surface area contributed by atoms with Crippen LogP contribution in [0.2, 0.25) is 0 Å². The molecule has 33 heavy (non-hydrogen) atoms. The van der Waals surface area contributed by atoms with Crippen molar-refractivity contribution in [2.45, 2.75) is 25.4 Å². The van der Waals surface area contributed by atoms with Crippen LogP contribution in [0.1, 0.15) is 24.1 Å². The van der Waals surface area contributed by atoms with Gasteiger partial charge in [-0.1, -0.05) is 36.4 Å². The number of anilines is 2. The number of amides is 1. The molecule has 1 amide bonds. The van der Waals surface area contributed by atoms with Gasteiger partial charge in [0.2, 0.25) is 5.91 Å². The van der Waals surface area contributed by atoms with Crippen molar-refractivity contribution in [3.8, 4) is 5.75 Å². The highest BCUT2D eigenvalue weighted by Crippen LogP contribution is 2.39. The summed E-state index contributed by atoms with van der Waals surface area (Å²) in [5, 5.41) is 3.27. The van der Waals surface area contributed by atoms with Gasteiger partial charge in [-0.05, 0) is 30.5 Å². The number of benzene rings is 2. The van der Waals surface area contributed by atoms with Crippen LogP contribution in [0.5, 0.6) is 5.75 Å². The minimum atomic E-state index is -0.170. The summed E-state index contributed by atoms with van der Waals surface area (Å²) < 4.78 is 5.49. The highest BCUT2D eigenvalue weighted by atomic mass is 16.5. The summed E-state index contributed by atoms with van der Waals surface area (Å²) in [5.74, 6) is 1.61. The van der Waals surface area contributed by atoms with Gasteiger partial charge in [-0.15, -0.1) is 0 Å². The Morgan fingerprint density at radius 3 is 2.76 bits per heavy atom. The molecule has 170 valence electrons. The van der Waals surface area contributed by atoms with Gasteiger partial charge >= 0.3 is 0 Å². The van der Waals surface area contributed by atoms with Crippen LogP contribution in [0.4, 0.5) is 11.5 Å². The van der Waals surface area contributed by atoms with Crippen molar-refractivity contribution in [3.63, 3.8) is 0 Å². The topological polar surface area (TPSA) is 70.6 Å². The maximum atomic E-state index is 13.6. The van der Waals surface area contributed by atoms with Crippen molar-refractivity contribution in [2.75, 3.05) is 36.5 Å². The SMILES string of the molecule is COc1ccc2c(c1)N1CCN(c3cnccn3)C[C@@H]1[C@H](C(=O)N[C@@H](C)c1ccccc1)C2. The molecule has 0 bridgehead atoms. The van der Waals surface area contributed by atoms with Crippen molar-refractivity contribution in [2.24, 2.45) is 5.92 Å². The van der Waals surface area contributed by atoms with E-state index in [1.165, 1.54) is 11.3 Å². The average molecular weight is 444 g/mol. The molecule has 2 aliphatic rings. The Hall–Kier alpha value is -3.61. The van der Waals surface area contributed by atoms with Gasteiger partial charge in [0.15, 0.2) is 0 Å². The molecule has 3 atom stereocenters. The zero-order valence-electron chi connectivity index (χ0n) is 19.0. The molecule has 2 aliphatic heterocycles. The van der Waals surface area contributed by atoms with Gasteiger partial charge in [0, 0.05) is 43.8 Å². The summed E-state index contributed by atoms with van der Waals surface area (Å²) >= 11 is 0. The number of nitrogens with zero attached hydrogens (tertiary/aromatic N) is 4. The normalized spacial score (nSPS) is 20.4. The van der Waals surface area contributed by atoms with Crippen molar-refractivity contribution in [1.29, 1.82) is 0 Å². The van der Waals surface area contributed by atoms with Crippen LogP contribution in [0, 0.1) is 5.92 Å². The van der Waals surface area contributed by atoms with Gasteiger partial charge in [-0.2, -0.15) is 0 Å². The lowest BCUT2D eigenvalue weighted by atomic mass is 9.83. The van der Waals surface area contributed by atoms with E-state index >= 15 is 0 Å². The zero-order chi connectivity index (χ0) is 22.8. The summed E-state index contributed by atoms with van der Waals surface area (Å²) in [4.78, 5) is 27.0. The van der Waals surface area contributed by atoms with E-state index in [0.717, 1.165) is 30.2 Å². The summed E-state index contributed by atoms with van der Waals surface area (Å²) in [7, 11) is 1.69. The third-order valence-corrected chi connectivity index (χ3v) is 6.79. The fourth-order valence-corrected chi connectivity index (χ4v) is 5.01. The van der Waals surface area contributed by atoms with Crippen LogP contribution in [0.25, 0.3) is 0 Å². The molecule has 1 aromatic heterocycles. The van der Waals surface area contributed by atoms with E-state index in [-0.39, 0.29) is 23.9 Å². The van der Waals surface area contributed by atoms with E-state index in [9.17, 15) is 4.79 Å². The maximum absolute atomic E-state index is 13.6. The summed E-state index contributed by atoms with van der Waals surface area (Å²) in [6, 6.07) is 16.3. The van der Waals surface area contributed by atoms with E-state index in [4.69, 9.17) is 4.74 Å². The molecule has 1 N–H and O–H groups in total. The van der Waals surface area contributed by atoms with Crippen molar-refractivity contribution < 1.29 is 9.53 Å². The largest absolute Gasteiger partial charge is 0.497 e. The number of hydrogen-bond acceptors (Lipinski definition) is 6. The smallest absolute Gasteiger partial charge is 0.226 e. The summed E-state index contributed by atoms with van der Waals surface area (Å²) in [5.41, 5.74) is 3.46. The second kappa shape index (κ2) is 9.10. The molecule has 0 saturated carbocycles. The molecular weight excluding hydrogens is 414 g/mol. The predicted molar refractivity (Wildman–Crippen MR) is 129 cm³/mol. The van der Waals surface area contributed by atoms with E-state index in [1.807, 2.05) is 31.2 Å². The Kier molecular flexibility index (Phi) is 5.86. The molecular formula is C26H29N5O2. The van der Waals surface area contributed by atoms with Gasteiger partial charge in [0.1, 0.15) is 11.6 Å². The molecule has 3 aromatic rings. The molecule has 2 aromatic carbocycles. The Bertz CT molecular complexity index is 1110. The lowest BCUT2D eigenvalue weighted by Gasteiger charge is -2.49. The number of nitrogens with one attached hydrogen (secondary N) is 1. The Morgan fingerprint density at radius 1 is 1.15 bits per heavy atom. The van der Waals surface area contributed by atoms with E-state index < -0.39 is 0 Å². The number of fused-ring (bicyclic) bond motifs is 3. The van der Waals surface area contributed by atoms with Crippen molar-refractivity contribution >= 4 is 17.4 Å². The molecule has 7 nitrogen and oxygen atoms in total. The van der Waals surface area contributed by atoms with Crippen LogP contribution in [0.3, 0.4) is 0 Å². The fourth-order valence-electron chi connectivity index (χ4n) is 5.01. The third kappa shape index (κ3) is 4.23. The molecule has 1 saturated heterocycles. The zero-order valence-corrected chi connectivity index (χ0v) is 19.0. The average Bonchev–Trinajstić information content (AvgIpc) is 2.88. The number of piperazine rings is 1. The number of carbonyl (C=O) groups is 1. The van der Waals surface area contributed by atoms with Gasteiger partial charge in [0.05, 0.1) is 31.3 Å². The van der Waals surface area contributed by atoms with Crippen LogP contribution < -0.4 is 19.9 Å². The monoisotopic (exact) mass is 443 g/mol. The van der Waals surface area contributed by atoms with Crippen LogP contribution in [-0.4, -0.2) is 48.7 Å². The molecule has 0 spiro atoms. The Morgan fingerprint density at radius 2 is 2.00 bits per heavy atom. The van der Waals surface area contributed by atoms with Crippen molar-refractivity contribution in [3.05, 3.63) is 78.2 Å². The molecule has 5 rings (SSSR count). The highest BCUT2D eigenvalue weighted by molar-refractivity contribution is 5.83. The molecule has 7 heteroatoms. The van der Waals surface area contributed by atoms with E-state index in [0.29, 0.717) is 13.0 Å². The number of methoxy groups -OCH3 is 1. The minimum Gasteiger partial charge on any atom is -0.497 e. The number of carbonyl (C=O) groups excluding carboxylic acids is 1. The first kappa shape index (κ1) is 21.2. The van der Waals surface area contributed by atoms with E-state index in [2.05, 4.69) is 49.4 Å². The molecule has 1 fully saturated rings. The minimum absolute atomic E-state index is 0.0309. The van der Waals surface area contributed by atoms with Gasteiger partial charge < -0.3 is 19.9 Å². The van der Waals surface area contributed by atoms with Crippen molar-refractivity contribution in [1.82, 2.24) is 15.3 Å². The first-order chi connectivity index (χ1) is 16.1. The Balaban J connectivity index is 1.44. The third-order valence-electron chi connectivity index (χ3n) is 6.79. The van der Waals surface area contributed by atoms with Gasteiger partial charge in [0.25, 0.3) is 0 Å². The maximum Gasteiger partial charge on any atom is 0.226 e. The van der Waals surface area contributed by atoms with Crippen LogP contribution >= 0.6 is 0 Å². The number of rotatable bonds is 5. The standard InChI is InChI=1S/C26H29N5O2/c1-18(19-6-4-3-5-7-19)29-26(32)22-14-20-8-9-21(33-2)15-23(20)31-13-12-30(17-24(22)31)25-16-27-10-11-28-25/h3-11,15-16,18,22,24H,12-14,17H2,1-2H3,(H,29,32)/t18-,22+,24+/m0/s1. The summed E-state index contributed by atoms with van der Waals surface area (Å²) in [6.07, 6.45) is 5.89. The number of ether oxygens (including phenoxy) is 1. The van der Waals surface area contributed by atoms with Gasteiger partial charge in [-0.3, -0.25) is 9.78 Å². The second-order valence-corrected chi connectivity index (χ2v) is 8.72. The Labute approximate surface area is 194 Å². The molecule has 0 aliphatic carbocycles. The predicted octanol–water partition coefficient (Wildman–Crippen LogP) is 3.23. The molecule has 3 heterocycles. The summed E-state index contributed by atoms with van der Waals surface area (Å²) in [6.45, 7) is 4.38. The first-order valence-corrected chi connectivity index (χ1v) is 11.4. The quantitative estimate of drug-likeness (QED) is 0.653. The number of hydrogen-bond donors (Lipinski definition) is 1. The molecule has 0 radical (unpaired) electrons. The van der Waals surface area contributed by atoms with E-state index in [1.54, 1.807) is 25.7 Å². The lowest BCUT2D eigenvalue weighted by Crippen LogP contribution is -2.61. The highest BCUT2D eigenvalue weighted by Gasteiger charge is 2.42. The molecule has 0 unspecified atom stereocenters. The second-order valence-electron chi connectivity index (χ2n) is 8.72. The number of aromatic nitrogens is 2. The lowest BCUT2D eigenvalue weighted by molar-refractivity contribution is -0.126. The fraction of sp³-hybridized carbons (Fsp3) is 0.346. The van der Waals surface area contributed by atoms with Crippen LogP contribution in [0.15, 0.2) is 67.1 Å². The first-order valence-electron chi connectivity index (χ1n) is 11.4. The van der Waals surface area contributed by atoms with Crippen LogP contribution in [-0.2, 0) is 11.2 Å².